The van der Waals surface area contributed by atoms with Crippen molar-refractivity contribution in [2.45, 2.75) is 117 Å². The number of nitrogens with zero attached hydrogens (tertiary/aromatic N) is 4. The van der Waals surface area contributed by atoms with Gasteiger partial charge >= 0.3 is 12.2 Å². The number of ether oxygens (including phenoxy) is 4. The van der Waals surface area contributed by atoms with Crippen LogP contribution in [-0.4, -0.2) is 105 Å². The van der Waals surface area contributed by atoms with Gasteiger partial charge in [0.15, 0.2) is 0 Å². The Hall–Kier alpha value is -6.16. The molecule has 4 amide bonds. The molecule has 0 bridgehead atoms. The van der Waals surface area contributed by atoms with Crippen LogP contribution in [0.15, 0.2) is 48.7 Å². The lowest BCUT2D eigenvalue weighted by Crippen LogP contribution is -2.55. The molecular weight excluding hydrogens is 817 g/mol. The molecule has 8 rings (SSSR count). The highest BCUT2D eigenvalue weighted by Gasteiger charge is 2.41. The topological polar surface area (TPSA) is 193 Å². The molecule has 2 fully saturated rings. The normalized spacial score (nSPS) is 19.6. The van der Waals surface area contributed by atoms with E-state index in [0.29, 0.717) is 31.5 Å². The van der Waals surface area contributed by atoms with Gasteiger partial charge in [0.05, 0.1) is 56.3 Å². The van der Waals surface area contributed by atoms with E-state index in [1.807, 2.05) is 49.8 Å². The van der Waals surface area contributed by atoms with Crippen molar-refractivity contribution in [1.29, 1.82) is 0 Å². The van der Waals surface area contributed by atoms with Crippen molar-refractivity contribution in [2.75, 3.05) is 27.4 Å². The summed E-state index contributed by atoms with van der Waals surface area (Å²) in [5, 5.41) is 7.52. The molecule has 0 spiro atoms. The summed E-state index contributed by atoms with van der Waals surface area (Å²) < 4.78 is 21.9. The van der Waals surface area contributed by atoms with Gasteiger partial charge in [0.25, 0.3) is 0 Å². The molecule has 0 unspecified atom stereocenters. The Morgan fingerprint density at radius 1 is 0.969 bits per heavy atom. The number of nitrogens with one attached hydrogen (secondary N) is 4. The summed E-state index contributed by atoms with van der Waals surface area (Å²) in [6, 6.07) is 12.7. The Morgan fingerprint density at radius 3 is 2.50 bits per heavy atom. The van der Waals surface area contributed by atoms with Crippen molar-refractivity contribution in [1.82, 2.24) is 40.4 Å². The number of hydrogen-bond donors (Lipinski definition) is 4. The van der Waals surface area contributed by atoms with E-state index in [1.165, 1.54) is 14.2 Å². The van der Waals surface area contributed by atoms with Gasteiger partial charge in [-0.2, -0.15) is 0 Å². The fourth-order valence-electron chi connectivity index (χ4n) is 9.68. The van der Waals surface area contributed by atoms with E-state index in [0.717, 1.165) is 94.0 Å². The highest BCUT2D eigenvalue weighted by Crippen LogP contribution is 2.43. The standard InChI is InChI=1S/C48H60N8O8/c1-8-10-27(4)55(45(57)42(54-48(60)62-7)31-11-9-18-63-24-31)23-40-50-36-16-14-29-20-35-33-15-13-30(19-32(33)25-64-39(35)21-34(29)43(36)52-40)37-22-49-44(51-37)38-17-12-28(5)56(38)46(58)41(26(2)3)53-47(59)61-6/h13-16,19-22,26-28,31,38,41-42H,8-12,17-18,23-25H2,1-7H3,(H,49,51)(H,50,52)(H,53,59)(H,54,60)/t27-,28-,31+,38-,41-,42-/m0/s1. The summed E-state index contributed by atoms with van der Waals surface area (Å²) in [7, 11) is 2.59. The van der Waals surface area contributed by atoms with E-state index in [9.17, 15) is 19.2 Å². The molecule has 3 aromatic carbocycles. The molecule has 6 atom stereocenters. The fraction of sp³-hybridized carbons (Fsp3) is 0.500. The van der Waals surface area contributed by atoms with Gasteiger partial charge in [-0.15, -0.1) is 0 Å². The summed E-state index contributed by atoms with van der Waals surface area (Å²) >= 11 is 0. The Labute approximate surface area is 373 Å². The van der Waals surface area contributed by atoms with Gasteiger partial charge in [0.1, 0.15) is 36.1 Å². The zero-order chi connectivity index (χ0) is 45.2. The number of likely N-dealkylation sites (tertiary alicyclic amines) is 1. The predicted molar refractivity (Wildman–Crippen MR) is 241 cm³/mol. The Morgan fingerprint density at radius 2 is 1.77 bits per heavy atom. The maximum atomic E-state index is 14.4. The molecule has 5 aromatic rings. The zero-order valence-corrected chi connectivity index (χ0v) is 37.8. The van der Waals surface area contributed by atoms with Crippen LogP contribution >= 0.6 is 0 Å². The van der Waals surface area contributed by atoms with Crippen molar-refractivity contribution >= 4 is 45.8 Å². The van der Waals surface area contributed by atoms with Gasteiger partial charge in [-0.1, -0.05) is 45.4 Å². The largest absolute Gasteiger partial charge is 0.488 e. The molecule has 4 N–H and O–H groups in total. The Kier molecular flexibility index (Phi) is 13.1. The number of aromatic amines is 2. The molecule has 3 aliphatic rings. The van der Waals surface area contributed by atoms with Crippen molar-refractivity contribution in [3.05, 3.63) is 65.9 Å². The first-order valence-electron chi connectivity index (χ1n) is 22.5. The van der Waals surface area contributed by atoms with E-state index < -0.39 is 24.3 Å². The second kappa shape index (κ2) is 18.9. The number of amides is 4. The van der Waals surface area contributed by atoms with E-state index in [2.05, 4.69) is 63.9 Å². The van der Waals surface area contributed by atoms with Gasteiger partial charge in [-0.05, 0) is 98.2 Å². The first kappa shape index (κ1) is 44.4. The summed E-state index contributed by atoms with van der Waals surface area (Å²) in [5.74, 6) is 1.48. The van der Waals surface area contributed by atoms with Crippen LogP contribution in [0.2, 0.25) is 0 Å². The zero-order valence-electron chi connectivity index (χ0n) is 37.8. The van der Waals surface area contributed by atoms with E-state index in [1.54, 1.807) is 0 Å². The predicted octanol–water partition coefficient (Wildman–Crippen LogP) is 7.77. The number of imidazole rings is 2. The average Bonchev–Trinajstić information content (AvgIpc) is 4.06. The van der Waals surface area contributed by atoms with Crippen LogP contribution in [0.1, 0.15) is 96.4 Å². The van der Waals surface area contributed by atoms with E-state index in [4.69, 9.17) is 28.9 Å². The van der Waals surface area contributed by atoms with Crippen LogP contribution < -0.4 is 15.4 Å². The molecule has 0 saturated carbocycles. The van der Waals surface area contributed by atoms with Crippen LogP contribution in [0.4, 0.5) is 9.59 Å². The van der Waals surface area contributed by atoms with Gasteiger partial charge < -0.3 is 49.3 Å². The first-order valence-corrected chi connectivity index (χ1v) is 22.5. The second-order valence-corrected chi connectivity index (χ2v) is 17.8. The number of methoxy groups -OCH3 is 2. The number of aromatic nitrogens is 4. The maximum absolute atomic E-state index is 14.4. The summed E-state index contributed by atoms with van der Waals surface area (Å²) in [6.07, 6.45) is 5.36. The minimum atomic E-state index is -0.789. The number of carbonyl (C=O) groups excluding carboxylic acids is 4. The van der Waals surface area contributed by atoms with E-state index in [-0.39, 0.29) is 48.3 Å². The van der Waals surface area contributed by atoms with Crippen LogP contribution in [-0.2, 0) is 37.0 Å². The lowest BCUT2D eigenvalue weighted by Gasteiger charge is -2.36. The molecule has 340 valence electrons. The van der Waals surface area contributed by atoms with Crippen LogP contribution in [0.25, 0.3) is 44.2 Å². The molecule has 16 heteroatoms. The Balaban J connectivity index is 1.04. The number of H-pyrrole nitrogens is 2. The molecule has 0 aliphatic carbocycles. The molecular formula is C48H60N8O8. The van der Waals surface area contributed by atoms with Crippen LogP contribution in [0.5, 0.6) is 5.75 Å². The van der Waals surface area contributed by atoms with Gasteiger partial charge in [-0.25, -0.2) is 19.6 Å². The maximum Gasteiger partial charge on any atom is 0.407 e. The number of fused-ring (bicyclic) bond motifs is 6. The SMILES string of the molecule is CCC[C@H](C)N(Cc1nc2ccc3cc4c(cc3c2[nH]1)OCc1cc(-c2cnc([C@@H]3CC[C@H](C)N3C(=O)[C@@H](NC(=O)OC)C(C)C)[nH]2)ccc1-4)C(=O)[C@@H](NC(=O)OC)[C@@H]1CCCOC1. The van der Waals surface area contributed by atoms with Gasteiger partial charge in [0, 0.05) is 35.6 Å². The molecule has 3 aliphatic heterocycles. The Bertz CT molecular complexity index is 2530. The molecule has 5 heterocycles. The smallest absolute Gasteiger partial charge is 0.407 e. The van der Waals surface area contributed by atoms with E-state index >= 15 is 0 Å². The summed E-state index contributed by atoms with van der Waals surface area (Å²) in [6.45, 7) is 11.6. The average molecular weight is 877 g/mol. The quantitative estimate of drug-likeness (QED) is 0.0909. The number of alkyl carbamates (subject to hydrolysis) is 2. The number of hydrogen-bond acceptors (Lipinski definition) is 10. The van der Waals surface area contributed by atoms with Gasteiger partial charge in [-0.3, -0.25) is 9.59 Å². The first-order chi connectivity index (χ1) is 30.9. The summed E-state index contributed by atoms with van der Waals surface area (Å²) in [4.78, 5) is 73.3. The molecule has 0 radical (unpaired) electrons. The van der Waals surface area contributed by atoms with Crippen LogP contribution in [0.3, 0.4) is 0 Å². The molecule has 2 aromatic heterocycles. The third-order valence-electron chi connectivity index (χ3n) is 13.2. The number of benzene rings is 3. The molecule has 64 heavy (non-hydrogen) atoms. The van der Waals surface area contributed by atoms with Crippen molar-refractivity contribution < 1.29 is 38.1 Å². The lowest BCUT2D eigenvalue weighted by atomic mass is 9.92. The fourth-order valence-corrected chi connectivity index (χ4v) is 9.68. The van der Waals surface area contributed by atoms with Gasteiger partial charge in [0.2, 0.25) is 11.8 Å². The highest BCUT2D eigenvalue weighted by molar-refractivity contribution is 6.07. The third kappa shape index (κ3) is 8.84. The third-order valence-corrected chi connectivity index (χ3v) is 13.2. The molecule has 2 saturated heterocycles. The second-order valence-electron chi connectivity index (χ2n) is 17.8. The minimum Gasteiger partial charge on any atom is -0.488 e. The van der Waals surface area contributed by atoms with Crippen LogP contribution in [0, 0.1) is 11.8 Å². The number of rotatable bonds is 13. The van der Waals surface area contributed by atoms with Crippen molar-refractivity contribution in [3.63, 3.8) is 0 Å². The van der Waals surface area contributed by atoms with Crippen molar-refractivity contribution in [3.8, 4) is 28.1 Å². The minimum absolute atomic E-state index is 0.0196. The van der Waals surface area contributed by atoms with Crippen molar-refractivity contribution in [2.24, 2.45) is 11.8 Å². The summed E-state index contributed by atoms with van der Waals surface area (Å²) in [5.41, 5.74) is 6.52. The highest BCUT2D eigenvalue weighted by atomic mass is 16.5. The lowest BCUT2D eigenvalue weighted by molar-refractivity contribution is -0.139. The monoisotopic (exact) mass is 876 g/mol. The number of carbonyl (C=O) groups is 4. The molecule has 16 nitrogen and oxygen atoms in total.